The van der Waals surface area contributed by atoms with Crippen LogP contribution in [0.5, 0.6) is 0 Å². The number of nitriles is 1. The summed E-state index contributed by atoms with van der Waals surface area (Å²) in [5.41, 5.74) is 2.86. The van der Waals surface area contributed by atoms with E-state index in [0.717, 1.165) is 29.8 Å². The number of anilines is 1. The first-order valence-corrected chi connectivity index (χ1v) is 6.14. The van der Waals surface area contributed by atoms with Crippen LogP contribution in [0.15, 0.2) is 18.2 Å². The fourth-order valence-corrected chi connectivity index (χ4v) is 2.48. The van der Waals surface area contributed by atoms with Crippen molar-refractivity contribution in [2.75, 3.05) is 18.1 Å². The van der Waals surface area contributed by atoms with Crippen molar-refractivity contribution in [3.63, 3.8) is 0 Å². The van der Waals surface area contributed by atoms with Gasteiger partial charge < -0.3 is 10.0 Å². The molecule has 0 saturated carbocycles. The molecule has 0 spiro atoms. The largest absolute Gasteiger partial charge is 0.394 e. The maximum atomic E-state index is 9.40. The lowest BCUT2D eigenvalue weighted by Gasteiger charge is -2.36. The van der Waals surface area contributed by atoms with Crippen molar-refractivity contribution in [2.45, 2.75) is 32.2 Å². The molecule has 1 aliphatic rings. The van der Waals surface area contributed by atoms with E-state index in [9.17, 15) is 5.11 Å². The average Bonchev–Trinajstić information content (AvgIpc) is 2.38. The molecule has 1 N–H and O–H groups in total. The minimum atomic E-state index is 0.207. The molecule has 90 valence electrons. The highest BCUT2D eigenvalue weighted by atomic mass is 16.3. The van der Waals surface area contributed by atoms with Crippen LogP contribution in [0.4, 0.5) is 5.69 Å². The van der Waals surface area contributed by atoms with Crippen LogP contribution in [-0.2, 0) is 0 Å². The van der Waals surface area contributed by atoms with Crippen molar-refractivity contribution >= 4 is 5.69 Å². The minimum Gasteiger partial charge on any atom is -0.394 e. The fourth-order valence-electron chi connectivity index (χ4n) is 2.48. The number of hydrogen-bond donors (Lipinski definition) is 1. The second-order valence-corrected chi connectivity index (χ2v) is 4.64. The Morgan fingerprint density at radius 2 is 2.29 bits per heavy atom. The summed E-state index contributed by atoms with van der Waals surface area (Å²) in [5, 5.41) is 18.3. The van der Waals surface area contributed by atoms with Crippen LogP contribution in [-0.4, -0.2) is 24.3 Å². The van der Waals surface area contributed by atoms with E-state index in [4.69, 9.17) is 5.26 Å². The number of aliphatic hydroxyl groups is 1. The standard InChI is InChI=1S/C14H18N2O/c1-11-8-13(6-5-12(11)9-15)16-7-3-2-4-14(16)10-17/h5-6,8,14,17H,2-4,7,10H2,1H3. The first-order chi connectivity index (χ1) is 8.26. The van der Waals surface area contributed by atoms with Crippen LogP contribution >= 0.6 is 0 Å². The van der Waals surface area contributed by atoms with Gasteiger partial charge in [0.1, 0.15) is 0 Å². The average molecular weight is 230 g/mol. The van der Waals surface area contributed by atoms with Crippen LogP contribution in [0.1, 0.15) is 30.4 Å². The zero-order valence-electron chi connectivity index (χ0n) is 10.2. The first kappa shape index (κ1) is 11.9. The number of benzene rings is 1. The Labute approximate surface area is 102 Å². The third-order valence-corrected chi connectivity index (χ3v) is 3.50. The predicted octanol–water partition coefficient (Wildman–Crippen LogP) is 2.22. The zero-order valence-corrected chi connectivity index (χ0v) is 10.2. The van der Waals surface area contributed by atoms with Gasteiger partial charge >= 0.3 is 0 Å². The lowest BCUT2D eigenvalue weighted by atomic mass is 10.0. The molecule has 1 fully saturated rings. The maximum Gasteiger partial charge on any atom is 0.0994 e. The summed E-state index contributed by atoms with van der Waals surface area (Å²) in [6.45, 7) is 3.16. The van der Waals surface area contributed by atoms with Gasteiger partial charge in [0.05, 0.1) is 24.3 Å². The van der Waals surface area contributed by atoms with E-state index < -0.39 is 0 Å². The summed E-state index contributed by atoms with van der Waals surface area (Å²) in [6.07, 6.45) is 3.42. The van der Waals surface area contributed by atoms with Crippen LogP contribution < -0.4 is 4.90 Å². The van der Waals surface area contributed by atoms with Crippen LogP contribution in [0.2, 0.25) is 0 Å². The molecule has 1 unspecified atom stereocenters. The summed E-state index contributed by atoms with van der Waals surface area (Å²) in [7, 11) is 0. The van der Waals surface area contributed by atoms with Crippen LogP contribution in [0.3, 0.4) is 0 Å². The third-order valence-electron chi connectivity index (χ3n) is 3.50. The normalized spacial score (nSPS) is 20.1. The molecule has 1 aliphatic heterocycles. The Morgan fingerprint density at radius 1 is 1.47 bits per heavy atom. The van der Waals surface area contributed by atoms with Gasteiger partial charge in [-0.05, 0) is 49.9 Å². The smallest absolute Gasteiger partial charge is 0.0994 e. The molecule has 1 atom stereocenters. The molecule has 1 heterocycles. The van der Waals surface area contributed by atoms with Gasteiger partial charge in [-0.15, -0.1) is 0 Å². The molecule has 1 saturated heterocycles. The molecule has 2 rings (SSSR count). The van der Waals surface area contributed by atoms with Gasteiger partial charge in [0, 0.05) is 12.2 Å². The number of nitrogens with zero attached hydrogens (tertiary/aromatic N) is 2. The Kier molecular flexibility index (Phi) is 3.65. The molecular weight excluding hydrogens is 212 g/mol. The highest BCUT2D eigenvalue weighted by molar-refractivity contribution is 5.54. The lowest BCUT2D eigenvalue weighted by molar-refractivity contribution is 0.240. The van der Waals surface area contributed by atoms with Gasteiger partial charge in [-0.1, -0.05) is 0 Å². The van der Waals surface area contributed by atoms with E-state index in [1.54, 1.807) is 0 Å². The van der Waals surface area contributed by atoms with Gasteiger partial charge in [0.2, 0.25) is 0 Å². The summed E-state index contributed by atoms with van der Waals surface area (Å²) in [4.78, 5) is 2.26. The van der Waals surface area contributed by atoms with Gasteiger partial charge in [0.25, 0.3) is 0 Å². The second-order valence-electron chi connectivity index (χ2n) is 4.64. The van der Waals surface area contributed by atoms with Gasteiger partial charge in [-0.25, -0.2) is 0 Å². The Hall–Kier alpha value is -1.53. The quantitative estimate of drug-likeness (QED) is 0.847. The van der Waals surface area contributed by atoms with Crippen molar-refractivity contribution in [2.24, 2.45) is 0 Å². The molecule has 0 bridgehead atoms. The molecule has 0 aromatic heterocycles. The zero-order chi connectivity index (χ0) is 12.3. The Morgan fingerprint density at radius 3 is 2.94 bits per heavy atom. The molecular formula is C14H18N2O. The summed E-state index contributed by atoms with van der Waals surface area (Å²) in [5.74, 6) is 0. The number of aliphatic hydroxyl groups excluding tert-OH is 1. The van der Waals surface area contributed by atoms with Gasteiger partial charge in [-0.3, -0.25) is 0 Å². The summed E-state index contributed by atoms with van der Waals surface area (Å²) < 4.78 is 0. The highest BCUT2D eigenvalue weighted by Crippen LogP contribution is 2.26. The molecule has 0 aliphatic carbocycles. The third kappa shape index (κ3) is 2.42. The number of aryl methyl sites for hydroxylation is 1. The van der Waals surface area contributed by atoms with Crippen molar-refractivity contribution < 1.29 is 5.11 Å². The van der Waals surface area contributed by atoms with E-state index >= 15 is 0 Å². The molecule has 0 amide bonds. The SMILES string of the molecule is Cc1cc(N2CCCCC2CO)ccc1C#N. The van der Waals surface area contributed by atoms with Crippen molar-refractivity contribution in [3.8, 4) is 6.07 Å². The predicted molar refractivity (Wildman–Crippen MR) is 68.0 cm³/mol. The second kappa shape index (κ2) is 5.20. The highest BCUT2D eigenvalue weighted by Gasteiger charge is 2.22. The van der Waals surface area contributed by atoms with E-state index in [1.165, 1.54) is 12.8 Å². The topological polar surface area (TPSA) is 47.3 Å². The number of rotatable bonds is 2. The number of hydrogen-bond acceptors (Lipinski definition) is 3. The maximum absolute atomic E-state index is 9.40. The molecule has 1 aromatic carbocycles. The van der Waals surface area contributed by atoms with Crippen molar-refractivity contribution in [1.82, 2.24) is 0 Å². The summed E-state index contributed by atoms with van der Waals surface area (Å²) in [6, 6.07) is 8.32. The van der Waals surface area contributed by atoms with Gasteiger partial charge in [0.15, 0.2) is 0 Å². The van der Waals surface area contributed by atoms with Crippen LogP contribution in [0.25, 0.3) is 0 Å². The lowest BCUT2D eigenvalue weighted by Crippen LogP contribution is -2.41. The molecule has 3 nitrogen and oxygen atoms in total. The monoisotopic (exact) mass is 230 g/mol. The molecule has 1 aromatic rings. The van der Waals surface area contributed by atoms with Gasteiger partial charge in [-0.2, -0.15) is 5.26 Å². The molecule has 3 heteroatoms. The van der Waals surface area contributed by atoms with Crippen LogP contribution in [0, 0.1) is 18.3 Å². The molecule has 17 heavy (non-hydrogen) atoms. The van der Waals surface area contributed by atoms with Crippen molar-refractivity contribution in [1.29, 1.82) is 5.26 Å². The van der Waals surface area contributed by atoms with E-state index in [0.29, 0.717) is 0 Å². The Bertz CT molecular complexity index is 436. The number of piperidine rings is 1. The fraction of sp³-hybridized carbons (Fsp3) is 0.500. The Balaban J connectivity index is 2.26. The van der Waals surface area contributed by atoms with E-state index in [-0.39, 0.29) is 12.6 Å². The first-order valence-electron chi connectivity index (χ1n) is 6.14. The summed E-state index contributed by atoms with van der Waals surface area (Å²) >= 11 is 0. The minimum absolute atomic E-state index is 0.207. The van der Waals surface area contributed by atoms with E-state index in [2.05, 4.69) is 11.0 Å². The van der Waals surface area contributed by atoms with E-state index in [1.807, 2.05) is 25.1 Å². The van der Waals surface area contributed by atoms with Crippen molar-refractivity contribution in [3.05, 3.63) is 29.3 Å². The molecule has 0 radical (unpaired) electrons.